The highest BCUT2D eigenvalue weighted by Gasteiger charge is 2.14. The van der Waals surface area contributed by atoms with E-state index in [-0.39, 0.29) is 0 Å². The molecule has 1 aromatic heterocycles. The fraction of sp³-hybridized carbons (Fsp3) is 0.400. The smallest absolute Gasteiger partial charge is 0.0724 e. The largest absolute Gasteiger partial charge is 0.396 e. The van der Waals surface area contributed by atoms with Gasteiger partial charge in [-0.15, -0.1) is 0 Å². The molecule has 2 N–H and O–H groups in total. The van der Waals surface area contributed by atoms with Gasteiger partial charge in [-0.2, -0.15) is 0 Å². The molecule has 3 heteroatoms. The summed E-state index contributed by atoms with van der Waals surface area (Å²) < 4.78 is 0. The lowest BCUT2D eigenvalue weighted by molar-refractivity contribution is 0.672. The molecule has 1 heterocycles. The lowest BCUT2D eigenvalue weighted by Gasteiger charge is -2.30. The van der Waals surface area contributed by atoms with Gasteiger partial charge in [-0.1, -0.05) is 6.92 Å². The molecule has 0 aliphatic carbocycles. The van der Waals surface area contributed by atoms with Gasteiger partial charge in [0.2, 0.25) is 0 Å². The Morgan fingerprint density at radius 1 is 1.28 bits per heavy atom. The normalized spacial score (nSPS) is 11.1. The molecule has 0 radical (unpaired) electrons. The molecule has 0 amide bonds. The molecule has 18 heavy (non-hydrogen) atoms. The molecule has 0 atom stereocenters. The van der Waals surface area contributed by atoms with Crippen LogP contribution in [0.15, 0.2) is 30.5 Å². The predicted molar refractivity (Wildman–Crippen MR) is 78.9 cm³/mol. The number of hydrogen-bond acceptors (Lipinski definition) is 3. The number of benzene rings is 1. The van der Waals surface area contributed by atoms with Crippen molar-refractivity contribution < 1.29 is 0 Å². The fourth-order valence-electron chi connectivity index (χ4n) is 2.31. The topological polar surface area (TPSA) is 42.2 Å². The van der Waals surface area contributed by atoms with E-state index in [2.05, 4.69) is 36.7 Å². The van der Waals surface area contributed by atoms with Crippen LogP contribution in [0.2, 0.25) is 0 Å². The molecular formula is C15H21N3. The van der Waals surface area contributed by atoms with E-state index in [1.165, 1.54) is 0 Å². The van der Waals surface area contributed by atoms with E-state index in [9.17, 15) is 0 Å². The van der Waals surface area contributed by atoms with E-state index in [0.29, 0.717) is 6.04 Å². The van der Waals surface area contributed by atoms with Crippen LogP contribution in [-0.4, -0.2) is 17.6 Å². The molecule has 0 unspecified atom stereocenters. The predicted octanol–water partition coefficient (Wildman–Crippen LogP) is 3.44. The number of aromatic nitrogens is 1. The van der Waals surface area contributed by atoms with Gasteiger partial charge < -0.3 is 10.6 Å². The zero-order valence-electron chi connectivity index (χ0n) is 11.4. The maximum atomic E-state index is 6.31. The summed E-state index contributed by atoms with van der Waals surface area (Å²) in [5.74, 6) is 0. The van der Waals surface area contributed by atoms with Gasteiger partial charge >= 0.3 is 0 Å². The van der Waals surface area contributed by atoms with Crippen molar-refractivity contribution in [3.05, 3.63) is 30.5 Å². The van der Waals surface area contributed by atoms with Crippen LogP contribution >= 0.6 is 0 Å². The van der Waals surface area contributed by atoms with Gasteiger partial charge in [0.15, 0.2) is 0 Å². The van der Waals surface area contributed by atoms with E-state index in [4.69, 9.17) is 5.73 Å². The first kappa shape index (κ1) is 12.7. The van der Waals surface area contributed by atoms with Gasteiger partial charge in [0.05, 0.1) is 16.9 Å². The number of fused-ring (bicyclic) bond motifs is 1. The molecule has 0 saturated carbocycles. The quantitative estimate of drug-likeness (QED) is 0.836. The van der Waals surface area contributed by atoms with Crippen molar-refractivity contribution >= 4 is 22.3 Å². The molecular weight excluding hydrogens is 222 g/mol. The van der Waals surface area contributed by atoms with Crippen molar-refractivity contribution in [3.63, 3.8) is 0 Å². The number of hydrogen-bond donors (Lipinski definition) is 1. The van der Waals surface area contributed by atoms with Gasteiger partial charge in [-0.25, -0.2) is 0 Å². The Kier molecular flexibility index (Phi) is 3.70. The summed E-state index contributed by atoms with van der Waals surface area (Å²) >= 11 is 0. The average molecular weight is 243 g/mol. The number of nitrogens with zero attached hydrogens (tertiary/aromatic N) is 2. The van der Waals surface area contributed by atoms with Gasteiger partial charge in [-0.3, -0.25) is 4.98 Å². The third kappa shape index (κ3) is 2.26. The lowest BCUT2D eigenvalue weighted by atomic mass is 10.1. The van der Waals surface area contributed by atoms with Crippen molar-refractivity contribution in [1.82, 2.24) is 4.98 Å². The first-order chi connectivity index (χ1) is 8.65. The maximum Gasteiger partial charge on any atom is 0.0724 e. The van der Waals surface area contributed by atoms with Crippen molar-refractivity contribution in [2.75, 3.05) is 17.2 Å². The second kappa shape index (κ2) is 5.25. The summed E-state index contributed by atoms with van der Waals surface area (Å²) in [5.41, 5.74) is 9.22. The minimum atomic E-state index is 0.446. The molecule has 2 aromatic rings. The minimum absolute atomic E-state index is 0.446. The Morgan fingerprint density at radius 3 is 2.72 bits per heavy atom. The standard InChI is InChI=1S/C15H21N3/c1-4-10-18(11(2)3)14-8-7-13-12(15(14)16)6-5-9-17-13/h5-9,11H,4,10,16H2,1-3H3. The lowest BCUT2D eigenvalue weighted by Crippen LogP contribution is -2.32. The summed E-state index contributed by atoms with van der Waals surface area (Å²) in [7, 11) is 0. The van der Waals surface area contributed by atoms with Crippen LogP contribution in [0.3, 0.4) is 0 Å². The van der Waals surface area contributed by atoms with E-state index in [1.807, 2.05) is 18.2 Å². The van der Waals surface area contributed by atoms with Crippen LogP contribution in [0.5, 0.6) is 0 Å². The van der Waals surface area contributed by atoms with Crippen LogP contribution in [0.1, 0.15) is 27.2 Å². The van der Waals surface area contributed by atoms with Gasteiger partial charge in [0.25, 0.3) is 0 Å². The second-order valence-corrected chi connectivity index (χ2v) is 4.86. The molecule has 0 bridgehead atoms. The SMILES string of the molecule is CCCN(c1ccc2ncccc2c1N)C(C)C. The molecule has 0 aliphatic rings. The van der Waals surface area contributed by atoms with Crippen molar-refractivity contribution in [2.24, 2.45) is 0 Å². The Bertz CT molecular complexity index is 534. The Morgan fingerprint density at radius 2 is 2.06 bits per heavy atom. The number of nitrogens with two attached hydrogens (primary N) is 1. The van der Waals surface area contributed by atoms with Crippen LogP contribution in [0.25, 0.3) is 10.9 Å². The molecule has 0 spiro atoms. The molecule has 0 fully saturated rings. The molecule has 2 rings (SSSR count). The van der Waals surface area contributed by atoms with Crippen molar-refractivity contribution in [1.29, 1.82) is 0 Å². The summed E-state index contributed by atoms with van der Waals surface area (Å²) in [6.07, 6.45) is 2.91. The summed E-state index contributed by atoms with van der Waals surface area (Å²) in [5, 5.41) is 1.04. The maximum absolute atomic E-state index is 6.31. The summed E-state index contributed by atoms with van der Waals surface area (Å²) in [6, 6.07) is 8.54. The molecule has 96 valence electrons. The molecule has 0 aliphatic heterocycles. The van der Waals surface area contributed by atoms with E-state index < -0.39 is 0 Å². The highest BCUT2D eigenvalue weighted by molar-refractivity contribution is 5.97. The fourth-order valence-corrected chi connectivity index (χ4v) is 2.31. The molecule has 0 saturated heterocycles. The van der Waals surface area contributed by atoms with Gasteiger partial charge in [-0.05, 0) is 44.5 Å². The van der Waals surface area contributed by atoms with Crippen LogP contribution < -0.4 is 10.6 Å². The highest BCUT2D eigenvalue weighted by atomic mass is 15.2. The summed E-state index contributed by atoms with van der Waals surface area (Å²) in [6.45, 7) is 7.60. The molecule has 3 nitrogen and oxygen atoms in total. The first-order valence-electron chi connectivity index (χ1n) is 6.55. The zero-order valence-corrected chi connectivity index (χ0v) is 11.4. The van der Waals surface area contributed by atoms with Crippen LogP contribution in [0, 0.1) is 0 Å². The Labute approximate surface area is 109 Å². The third-order valence-corrected chi connectivity index (χ3v) is 3.20. The highest BCUT2D eigenvalue weighted by Crippen LogP contribution is 2.31. The van der Waals surface area contributed by atoms with E-state index in [0.717, 1.165) is 35.2 Å². The Hall–Kier alpha value is -1.77. The Balaban J connectivity index is 2.53. The third-order valence-electron chi connectivity index (χ3n) is 3.20. The second-order valence-electron chi connectivity index (χ2n) is 4.86. The van der Waals surface area contributed by atoms with E-state index in [1.54, 1.807) is 6.20 Å². The zero-order chi connectivity index (χ0) is 13.1. The summed E-state index contributed by atoms with van der Waals surface area (Å²) in [4.78, 5) is 6.68. The van der Waals surface area contributed by atoms with E-state index >= 15 is 0 Å². The minimum Gasteiger partial charge on any atom is -0.396 e. The van der Waals surface area contributed by atoms with Gasteiger partial charge in [0.1, 0.15) is 0 Å². The first-order valence-corrected chi connectivity index (χ1v) is 6.55. The number of rotatable bonds is 4. The van der Waals surface area contributed by atoms with Crippen LogP contribution in [-0.2, 0) is 0 Å². The van der Waals surface area contributed by atoms with Crippen LogP contribution in [0.4, 0.5) is 11.4 Å². The number of anilines is 2. The van der Waals surface area contributed by atoms with Gasteiger partial charge in [0, 0.05) is 24.2 Å². The average Bonchev–Trinajstić information content (AvgIpc) is 2.37. The monoisotopic (exact) mass is 243 g/mol. The van der Waals surface area contributed by atoms with Crippen molar-refractivity contribution in [2.45, 2.75) is 33.2 Å². The number of pyridine rings is 1. The molecule has 1 aromatic carbocycles. The number of nitrogen functional groups attached to an aromatic ring is 1. The van der Waals surface area contributed by atoms with Crippen molar-refractivity contribution in [3.8, 4) is 0 Å².